The van der Waals surface area contributed by atoms with Crippen molar-refractivity contribution in [3.8, 4) is 0 Å². The Balaban J connectivity index is 1.59. The van der Waals surface area contributed by atoms with Gasteiger partial charge in [0.05, 0.1) is 11.4 Å². The Bertz CT molecular complexity index is 718. The first-order valence-corrected chi connectivity index (χ1v) is 8.10. The fraction of sp³-hybridized carbons (Fsp3) is 0.235. The molecule has 1 N–H and O–H groups in total. The number of carbonyl (C=O) groups excluding carboxylic acids is 1. The lowest BCUT2D eigenvalue weighted by Crippen LogP contribution is -2.15. The number of halogens is 2. The Labute approximate surface area is 131 Å². The molecule has 0 aromatic heterocycles. The van der Waals surface area contributed by atoms with Crippen LogP contribution in [0.5, 0.6) is 0 Å². The molecule has 1 aliphatic rings. The van der Waals surface area contributed by atoms with Crippen molar-refractivity contribution in [2.45, 2.75) is 24.2 Å². The number of hydrogen-bond donors (Lipinski definition) is 1. The topological polar surface area (TPSA) is 29.1 Å². The van der Waals surface area contributed by atoms with E-state index in [0.717, 1.165) is 35.9 Å². The van der Waals surface area contributed by atoms with Gasteiger partial charge in [-0.3, -0.25) is 4.79 Å². The molecule has 0 spiro atoms. The summed E-state index contributed by atoms with van der Waals surface area (Å²) in [4.78, 5) is 12.9. The van der Waals surface area contributed by atoms with Crippen LogP contribution in [0.3, 0.4) is 0 Å². The monoisotopic (exact) mass is 319 g/mol. The first kappa shape index (κ1) is 15.0. The van der Waals surface area contributed by atoms with Gasteiger partial charge in [-0.25, -0.2) is 8.78 Å². The normalized spacial score (nSPS) is 13.0. The van der Waals surface area contributed by atoms with Crippen molar-refractivity contribution < 1.29 is 13.6 Å². The van der Waals surface area contributed by atoms with Crippen LogP contribution in [0.4, 0.5) is 14.5 Å². The molecule has 5 heteroatoms. The zero-order valence-electron chi connectivity index (χ0n) is 11.9. The molecule has 0 saturated carbocycles. The predicted molar refractivity (Wildman–Crippen MR) is 84.2 cm³/mol. The molecule has 0 heterocycles. The van der Waals surface area contributed by atoms with Crippen molar-refractivity contribution >= 4 is 23.4 Å². The first-order chi connectivity index (χ1) is 10.6. The van der Waals surface area contributed by atoms with Crippen LogP contribution in [0.15, 0.2) is 41.3 Å². The number of carbonyl (C=O) groups is 1. The lowest BCUT2D eigenvalue weighted by molar-refractivity contribution is -0.113. The second-order valence-corrected chi connectivity index (χ2v) is 6.29. The lowest BCUT2D eigenvalue weighted by atomic mass is 10.1. The van der Waals surface area contributed by atoms with Gasteiger partial charge in [0.2, 0.25) is 5.91 Å². The van der Waals surface area contributed by atoms with Gasteiger partial charge in [-0.15, -0.1) is 11.8 Å². The van der Waals surface area contributed by atoms with Gasteiger partial charge in [-0.2, -0.15) is 0 Å². The van der Waals surface area contributed by atoms with Crippen molar-refractivity contribution in [1.82, 2.24) is 0 Å². The molecule has 0 bridgehead atoms. The summed E-state index contributed by atoms with van der Waals surface area (Å²) in [6.07, 6.45) is 3.40. The second-order valence-electron chi connectivity index (χ2n) is 5.25. The number of rotatable bonds is 4. The van der Waals surface area contributed by atoms with Crippen molar-refractivity contribution in [3.63, 3.8) is 0 Å². The number of benzene rings is 2. The van der Waals surface area contributed by atoms with E-state index in [1.807, 2.05) is 6.07 Å². The van der Waals surface area contributed by atoms with E-state index < -0.39 is 11.6 Å². The van der Waals surface area contributed by atoms with E-state index in [-0.39, 0.29) is 17.3 Å². The van der Waals surface area contributed by atoms with Crippen LogP contribution in [-0.4, -0.2) is 11.7 Å². The largest absolute Gasteiger partial charge is 0.323 e. The summed E-state index contributed by atoms with van der Waals surface area (Å²) in [6, 6.07) is 9.22. The average molecular weight is 319 g/mol. The molecule has 0 unspecified atom stereocenters. The summed E-state index contributed by atoms with van der Waals surface area (Å²) >= 11 is 1.40. The van der Waals surface area contributed by atoms with Crippen molar-refractivity contribution in [1.29, 1.82) is 0 Å². The van der Waals surface area contributed by atoms with E-state index in [4.69, 9.17) is 0 Å². The SMILES string of the molecule is O=C(CSc1ccc2c(c1)CCC2)Nc1cc(F)ccc1F. The van der Waals surface area contributed by atoms with E-state index in [1.165, 1.54) is 29.3 Å². The number of aryl methyl sites for hydroxylation is 2. The molecule has 22 heavy (non-hydrogen) atoms. The summed E-state index contributed by atoms with van der Waals surface area (Å²) in [5.74, 6) is -1.41. The maximum Gasteiger partial charge on any atom is 0.234 e. The Morgan fingerprint density at radius 3 is 2.77 bits per heavy atom. The van der Waals surface area contributed by atoms with Crippen LogP contribution >= 0.6 is 11.8 Å². The molecule has 0 fully saturated rings. The standard InChI is InChI=1S/C17H15F2NOS/c18-13-5-7-15(19)16(9-13)20-17(21)10-22-14-6-4-11-2-1-3-12(11)8-14/h4-9H,1-3,10H2,(H,20,21). The zero-order chi connectivity index (χ0) is 15.5. The minimum absolute atomic E-state index is 0.125. The van der Waals surface area contributed by atoms with Gasteiger partial charge in [0.1, 0.15) is 11.6 Å². The van der Waals surface area contributed by atoms with Crippen LogP contribution in [0.1, 0.15) is 17.5 Å². The molecule has 2 aromatic rings. The molecule has 3 rings (SSSR count). The highest BCUT2D eigenvalue weighted by molar-refractivity contribution is 8.00. The Kier molecular flexibility index (Phi) is 4.43. The van der Waals surface area contributed by atoms with Gasteiger partial charge in [0.25, 0.3) is 0 Å². The highest BCUT2D eigenvalue weighted by Gasteiger charge is 2.12. The van der Waals surface area contributed by atoms with Crippen molar-refractivity contribution in [2.75, 3.05) is 11.1 Å². The number of hydrogen-bond acceptors (Lipinski definition) is 2. The summed E-state index contributed by atoms with van der Waals surface area (Å²) in [5, 5.41) is 2.40. The Hall–Kier alpha value is -1.88. The van der Waals surface area contributed by atoms with Crippen molar-refractivity contribution in [2.24, 2.45) is 0 Å². The third kappa shape index (κ3) is 3.47. The van der Waals surface area contributed by atoms with Crippen molar-refractivity contribution in [3.05, 3.63) is 59.2 Å². The summed E-state index contributed by atoms with van der Waals surface area (Å²) in [6.45, 7) is 0. The minimum Gasteiger partial charge on any atom is -0.323 e. The highest BCUT2D eigenvalue weighted by Crippen LogP contribution is 2.27. The number of anilines is 1. The molecular weight excluding hydrogens is 304 g/mol. The average Bonchev–Trinajstić information content (AvgIpc) is 2.96. The van der Waals surface area contributed by atoms with Gasteiger partial charge >= 0.3 is 0 Å². The van der Waals surface area contributed by atoms with Gasteiger partial charge in [-0.05, 0) is 54.7 Å². The van der Waals surface area contributed by atoms with Crippen LogP contribution in [0.25, 0.3) is 0 Å². The quantitative estimate of drug-likeness (QED) is 0.856. The molecule has 0 radical (unpaired) electrons. The molecule has 2 aromatic carbocycles. The fourth-order valence-electron chi connectivity index (χ4n) is 2.57. The Morgan fingerprint density at radius 2 is 1.91 bits per heavy atom. The summed E-state index contributed by atoms with van der Waals surface area (Å²) in [7, 11) is 0. The highest BCUT2D eigenvalue weighted by atomic mass is 32.2. The number of nitrogens with one attached hydrogen (secondary N) is 1. The number of thioether (sulfide) groups is 1. The third-order valence-electron chi connectivity index (χ3n) is 3.64. The van der Waals surface area contributed by atoms with E-state index in [9.17, 15) is 13.6 Å². The maximum atomic E-state index is 13.5. The molecule has 1 aliphatic carbocycles. The van der Waals surface area contributed by atoms with Gasteiger partial charge < -0.3 is 5.32 Å². The molecule has 2 nitrogen and oxygen atoms in total. The lowest BCUT2D eigenvalue weighted by Gasteiger charge is -2.07. The predicted octanol–water partition coefficient (Wildman–Crippen LogP) is 4.18. The molecule has 0 saturated heterocycles. The van der Waals surface area contributed by atoms with Gasteiger partial charge in [-0.1, -0.05) is 6.07 Å². The van der Waals surface area contributed by atoms with E-state index in [0.29, 0.717) is 0 Å². The minimum atomic E-state index is -0.641. The fourth-order valence-corrected chi connectivity index (χ4v) is 3.33. The maximum absolute atomic E-state index is 13.5. The van der Waals surface area contributed by atoms with Crippen LogP contribution in [-0.2, 0) is 17.6 Å². The van der Waals surface area contributed by atoms with Crippen LogP contribution in [0.2, 0.25) is 0 Å². The number of fused-ring (bicyclic) bond motifs is 1. The number of amides is 1. The summed E-state index contributed by atoms with van der Waals surface area (Å²) in [5.41, 5.74) is 2.61. The third-order valence-corrected chi connectivity index (χ3v) is 4.64. The van der Waals surface area contributed by atoms with E-state index in [1.54, 1.807) is 0 Å². The smallest absolute Gasteiger partial charge is 0.234 e. The Morgan fingerprint density at radius 1 is 1.09 bits per heavy atom. The van der Waals surface area contributed by atoms with Gasteiger partial charge in [0.15, 0.2) is 0 Å². The molecular formula is C17H15F2NOS. The van der Waals surface area contributed by atoms with E-state index in [2.05, 4.69) is 17.4 Å². The summed E-state index contributed by atoms with van der Waals surface area (Å²) < 4.78 is 26.5. The second kappa shape index (κ2) is 6.48. The molecule has 1 amide bonds. The van der Waals surface area contributed by atoms with E-state index >= 15 is 0 Å². The molecule has 114 valence electrons. The van der Waals surface area contributed by atoms with Crippen LogP contribution in [0, 0.1) is 11.6 Å². The van der Waals surface area contributed by atoms with Gasteiger partial charge in [0, 0.05) is 11.0 Å². The molecule has 0 atom stereocenters. The molecule has 0 aliphatic heterocycles. The first-order valence-electron chi connectivity index (χ1n) is 7.11. The van der Waals surface area contributed by atoms with Crippen LogP contribution < -0.4 is 5.32 Å². The zero-order valence-corrected chi connectivity index (χ0v) is 12.7.